The van der Waals surface area contributed by atoms with Crippen LogP contribution in [0.4, 0.5) is 0 Å². The Morgan fingerprint density at radius 2 is 0.613 bits per heavy atom. The fraction of sp³-hybridized carbons (Fsp3) is 0.727. The number of esters is 4. The van der Waals surface area contributed by atoms with Crippen LogP contribution in [-0.2, 0) is 57.7 Å². The van der Waals surface area contributed by atoms with E-state index in [1.165, 1.54) is 0 Å². The number of ether oxygens (including phenoxy) is 2. The first-order valence-electron chi connectivity index (χ1n) is 9.54. The third-order valence-corrected chi connectivity index (χ3v) is 3.33. The molecule has 0 N–H and O–H groups in total. The second-order valence-corrected chi connectivity index (χ2v) is 11.0. The van der Waals surface area contributed by atoms with Crippen molar-refractivity contribution in [3.05, 3.63) is 0 Å². The quantitative estimate of drug-likeness (QED) is 0.231. The van der Waals surface area contributed by atoms with Crippen LogP contribution in [0.25, 0.3) is 0 Å². The Kier molecular flexibility index (Phi) is 12.8. The Bertz CT molecular complexity index is 646. The SMILES string of the molecule is CC(C)(C)C(=O)OC(=O)C(=O)C(C)(C)C.CC(C)(C)C(=O)OC(=O)C(=O)C(C)(C)C.[Ru]. The molecular formula is C22H36O8Ru. The molecule has 0 aliphatic heterocycles. The van der Waals surface area contributed by atoms with Crippen molar-refractivity contribution in [3.8, 4) is 0 Å². The van der Waals surface area contributed by atoms with Crippen molar-refractivity contribution in [2.45, 2.75) is 83.1 Å². The van der Waals surface area contributed by atoms with Gasteiger partial charge in [-0.2, -0.15) is 0 Å². The first-order valence-corrected chi connectivity index (χ1v) is 9.54. The first kappa shape index (κ1) is 33.9. The fourth-order valence-corrected chi connectivity index (χ4v) is 1.18. The molecule has 180 valence electrons. The van der Waals surface area contributed by atoms with Crippen LogP contribution in [0.5, 0.6) is 0 Å². The van der Waals surface area contributed by atoms with E-state index in [0.717, 1.165) is 0 Å². The van der Waals surface area contributed by atoms with Crippen LogP contribution in [0.15, 0.2) is 0 Å². The van der Waals surface area contributed by atoms with Gasteiger partial charge in [0.25, 0.3) is 0 Å². The van der Waals surface area contributed by atoms with Crippen LogP contribution in [0, 0.1) is 21.7 Å². The Morgan fingerprint density at radius 3 is 0.742 bits per heavy atom. The summed E-state index contributed by atoms with van der Waals surface area (Å²) in [7, 11) is 0. The predicted octanol–water partition coefficient (Wildman–Crippen LogP) is 3.43. The Morgan fingerprint density at radius 1 is 0.419 bits per heavy atom. The Balaban J connectivity index is -0.000000490. The van der Waals surface area contributed by atoms with E-state index in [2.05, 4.69) is 9.47 Å². The van der Waals surface area contributed by atoms with E-state index in [1.807, 2.05) is 0 Å². The zero-order valence-electron chi connectivity index (χ0n) is 20.6. The van der Waals surface area contributed by atoms with Crippen LogP contribution >= 0.6 is 0 Å². The molecule has 0 amide bonds. The van der Waals surface area contributed by atoms with Gasteiger partial charge in [-0.15, -0.1) is 0 Å². The van der Waals surface area contributed by atoms with Gasteiger partial charge >= 0.3 is 23.9 Å². The molecule has 0 saturated heterocycles. The molecule has 0 bridgehead atoms. The number of hydrogen-bond donors (Lipinski definition) is 0. The monoisotopic (exact) mass is 530 g/mol. The third kappa shape index (κ3) is 13.3. The van der Waals surface area contributed by atoms with Gasteiger partial charge in [-0.3, -0.25) is 19.2 Å². The average Bonchev–Trinajstić information content (AvgIpc) is 2.50. The van der Waals surface area contributed by atoms with Crippen LogP contribution in [-0.4, -0.2) is 35.4 Å². The van der Waals surface area contributed by atoms with Gasteiger partial charge in [0.05, 0.1) is 10.8 Å². The van der Waals surface area contributed by atoms with Gasteiger partial charge in [0.2, 0.25) is 11.6 Å². The molecular weight excluding hydrogens is 493 g/mol. The van der Waals surface area contributed by atoms with Gasteiger partial charge in [-0.1, -0.05) is 41.5 Å². The number of carbonyl (C=O) groups is 6. The first-order chi connectivity index (χ1) is 12.9. The topological polar surface area (TPSA) is 121 Å². The van der Waals surface area contributed by atoms with E-state index in [-0.39, 0.29) is 19.5 Å². The van der Waals surface area contributed by atoms with Crippen molar-refractivity contribution in [2.75, 3.05) is 0 Å². The fourth-order valence-electron chi connectivity index (χ4n) is 1.18. The van der Waals surface area contributed by atoms with E-state index in [4.69, 9.17) is 0 Å². The van der Waals surface area contributed by atoms with Crippen LogP contribution in [0.2, 0.25) is 0 Å². The van der Waals surface area contributed by atoms with E-state index in [1.54, 1.807) is 83.1 Å². The molecule has 0 rings (SSSR count). The minimum atomic E-state index is -1.08. The van der Waals surface area contributed by atoms with Gasteiger partial charge in [0, 0.05) is 30.3 Å². The summed E-state index contributed by atoms with van der Waals surface area (Å²) in [6, 6.07) is 0. The molecule has 0 aliphatic rings. The molecule has 9 heteroatoms. The number of hydrogen-bond acceptors (Lipinski definition) is 8. The predicted molar refractivity (Wildman–Crippen MR) is 110 cm³/mol. The molecule has 0 aromatic heterocycles. The molecule has 0 aromatic rings. The Hall–Kier alpha value is -1.76. The molecule has 0 aliphatic carbocycles. The largest absolute Gasteiger partial charge is 0.387 e. The molecule has 0 spiro atoms. The molecule has 0 fully saturated rings. The number of ketones is 2. The molecule has 0 radical (unpaired) electrons. The van der Waals surface area contributed by atoms with Crippen molar-refractivity contribution in [2.24, 2.45) is 21.7 Å². The standard InChI is InChI=1S/2C11H18O4.Ru/c2*1-10(2,3)7(12)8(13)15-9(14)11(4,5)6;/h2*1-6H3;. The smallest absolute Gasteiger partial charge is 0.382 e. The summed E-state index contributed by atoms with van der Waals surface area (Å²) in [5.74, 6) is -4.93. The summed E-state index contributed by atoms with van der Waals surface area (Å²) in [6.45, 7) is 19.3. The maximum Gasteiger partial charge on any atom is 0.382 e. The van der Waals surface area contributed by atoms with E-state index < -0.39 is 57.1 Å². The average molecular weight is 530 g/mol. The summed E-state index contributed by atoms with van der Waals surface area (Å²) in [6.07, 6.45) is 0. The van der Waals surface area contributed by atoms with Crippen LogP contribution < -0.4 is 0 Å². The van der Waals surface area contributed by atoms with Crippen molar-refractivity contribution in [3.63, 3.8) is 0 Å². The maximum atomic E-state index is 11.4. The van der Waals surface area contributed by atoms with E-state index in [9.17, 15) is 28.8 Å². The van der Waals surface area contributed by atoms with Gasteiger partial charge in [0.15, 0.2) is 0 Å². The summed E-state index contributed by atoms with van der Waals surface area (Å²) in [4.78, 5) is 67.9. The maximum absolute atomic E-state index is 11.4. The van der Waals surface area contributed by atoms with Gasteiger partial charge in [-0.25, -0.2) is 9.59 Å². The third-order valence-electron chi connectivity index (χ3n) is 3.33. The molecule has 0 saturated carbocycles. The molecule has 0 aromatic carbocycles. The molecule has 8 nitrogen and oxygen atoms in total. The van der Waals surface area contributed by atoms with Gasteiger partial charge in [0.1, 0.15) is 0 Å². The molecule has 0 heterocycles. The summed E-state index contributed by atoms with van der Waals surface area (Å²) in [5.41, 5.74) is -3.22. The number of carbonyl (C=O) groups excluding carboxylic acids is 6. The number of rotatable bonds is 2. The van der Waals surface area contributed by atoms with Crippen molar-refractivity contribution in [1.29, 1.82) is 0 Å². The Labute approximate surface area is 197 Å². The van der Waals surface area contributed by atoms with E-state index in [0.29, 0.717) is 0 Å². The summed E-state index contributed by atoms with van der Waals surface area (Å²) >= 11 is 0. The summed E-state index contributed by atoms with van der Waals surface area (Å²) in [5, 5.41) is 0. The minimum Gasteiger partial charge on any atom is -0.387 e. The zero-order chi connectivity index (χ0) is 24.9. The van der Waals surface area contributed by atoms with Gasteiger partial charge < -0.3 is 9.47 Å². The molecule has 31 heavy (non-hydrogen) atoms. The molecule has 0 unspecified atom stereocenters. The zero-order valence-corrected chi connectivity index (χ0v) is 22.4. The normalized spacial score (nSPS) is 11.7. The minimum absolute atomic E-state index is 0. The van der Waals surface area contributed by atoms with Crippen LogP contribution in [0.3, 0.4) is 0 Å². The second-order valence-electron chi connectivity index (χ2n) is 11.0. The van der Waals surface area contributed by atoms with Crippen molar-refractivity contribution in [1.82, 2.24) is 0 Å². The van der Waals surface area contributed by atoms with Crippen molar-refractivity contribution < 1.29 is 57.7 Å². The molecule has 0 atom stereocenters. The van der Waals surface area contributed by atoms with Gasteiger partial charge in [-0.05, 0) is 41.5 Å². The number of Topliss-reactive ketones (excluding diaryl/α,β-unsaturated/α-hetero) is 2. The van der Waals surface area contributed by atoms with Crippen molar-refractivity contribution >= 4 is 35.4 Å². The summed E-state index contributed by atoms with van der Waals surface area (Å²) < 4.78 is 8.95. The van der Waals surface area contributed by atoms with Crippen LogP contribution in [0.1, 0.15) is 83.1 Å². The second kappa shape index (κ2) is 11.7. The van der Waals surface area contributed by atoms with E-state index >= 15 is 0 Å².